The Morgan fingerprint density at radius 2 is 2.33 bits per heavy atom. The van der Waals surface area contributed by atoms with Gasteiger partial charge in [0.25, 0.3) is 5.56 Å². The summed E-state index contributed by atoms with van der Waals surface area (Å²) in [6.07, 6.45) is 0. The molecule has 0 radical (unpaired) electrons. The summed E-state index contributed by atoms with van der Waals surface area (Å²) in [6, 6.07) is 5.30. The molecule has 0 unspecified atom stereocenters. The number of nitrogens with one attached hydrogen (secondary N) is 1. The zero-order valence-corrected chi connectivity index (χ0v) is 6.33. The first-order chi connectivity index (χ1) is 5.81. The number of benzene rings is 1. The number of rotatable bonds is 1. The molecule has 1 heterocycles. The highest BCUT2D eigenvalue weighted by Crippen LogP contribution is 2.10. The van der Waals surface area contributed by atoms with Crippen LogP contribution in [0.3, 0.4) is 0 Å². The predicted molar refractivity (Wildman–Crippen MR) is 44.7 cm³/mol. The van der Waals surface area contributed by atoms with Gasteiger partial charge in [-0.05, 0) is 17.7 Å². The molecule has 3 N–H and O–H groups in total. The Hall–Kier alpha value is -1.55. The van der Waals surface area contributed by atoms with Crippen molar-refractivity contribution in [2.75, 3.05) is 0 Å². The minimum Gasteiger partial charge on any atom is -0.378 e. The summed E-state index contributed by atoms with van der Waals surface area (Å²) in [5.41, 5.74) is 6.70. The Morgan fingerprint density at radius 3 is 3.08 bits per heavy atom. The van der Waals surface area contributed by atoms with Crippen molar-refractivity contribution < 1.29 is 4.52 Å². The van der Waals surface area contributed by atoms with E-state index < -0.39 is 0 Å². The monoisotopic (exact) mass is 164 g/mol. The van der Waals surface area contributed by atoms with Crippen molar-refractivity contribution in [2.45, 2.75) is 6.54 Å². The van der Waals surface area contributed by atoms with Gasteiger partial charge in [-0.3, -0.25) is 4.79 Å². The molecule has 0 aliphatic carbocycles. The van der Waals surface area contributed by atoms with Crippen molar-refractivity contribution in [3.63, 3.8) is 0 Å². The molecule has 0 saturated heterocycles. The highest BCUT2D eigenvalue weighted by atomic mass is 16.5. The maximum Gasteiger partial charge on any atom is 0.287 e. The van der Waals surface area contributed by atoms with Crippen molar-refractivity contribution in [3.05, 3.63) is 34.1 Å². The Morgan fingerprint density at radius 1 is 1.50 bits per heavy atom. The van der Waals surface area contributed by atoms with Crippen LogP contribution in [-0.2, 0) is 6.54 Å². The van der Waals surface area contributed by atoms with Gasteiger partial charge >= 0.3 is 0 Å². The Kier molecular flexibility index (Phi) is 1.48. The first-order valence-electron chi connectivity index (χ1n) is 3.61. The van der Waals surface area contributed by atoms with Crippen LogP contribution >= 0.6 is 0 Å². The molecule has 0 atom stereocenters. The van der Waals surface area contributed by atoms with E-state index in [0.29, 0.717) is 17.5 Å². The second-order valence-electron chi connectivity index (χ2n) is 2.57. The molecule has 2 aromatic rings. The van der Waals surface area contributed by atoms with Crippen LogP contribution in [0.2, 0.25) is 0 Å². The van der Waals surface area contributed by atoms with Crippen molar-refractivity contribution >= 4 is 11.0 Å². The van der Waals surface area contributed by atoms with Gasteiger partial charge in [0.15, 0.2) is 5.58 Å². The van der Waals surface area contributed by atoms with E-state index in [-0.39, 0.29) is 5.56 Å². The molecule has 0 amide bonds. The van der Waals surface area contributed by atoms with Gasteiger partial charge in [-0.1, -0.05) is 6.07 Å². The lowest BCUT2D eigenvalue weighted by molar-refractivity contribution is 0.449. The van der Waals surface area contributed by atoms with Crippen molar-refractivity contribution in [1.29, 1.82) is 0 Å². The molecule has 1 aromatic heterocycles. The normalized spacial score (nSPS) is 10.8. The summed E-state index contributed by atoms with van der Waals surface area (Å²) in [5.74, 6) is 0. The van der Waals surface area contributed by atoms with E-state index in [4.69, 9.17) is 10.3 Å². The number of aromatic amines is 1. The molecular formula is C8H8N2O2. The second kappa shape index (κ2) is 2.49. The van der Waals surface area contributed by atoms with Gasteiger partial charge in [-0.25, -0.2) is 0 Å². The number of fused-ring (bicyclic) bond motifs is 1. The summed E-state index contributed by atoms with van der Waals surface area (Å²) in [5, 5.41) is 2.81. The van der Waals surface area contributed by atoms with E-state index in [1.54, 1.807) is 12.1 Å². The van der Waals surface area contributed by atoms with Crippen LogP contribution in [0.5, 0.6) is 0 Å². The van der Waals surface area contributed by atoms with Crippen LogP contribution in [0.25, 0.3) is 11.0 Å². The molecule has 12 heavy (non-hydrogen) atoms. The largest absolute Gasteiger partial charge is 0.378 e. The lowest BCUT2D eigenvalue weighted by atomic mass is 10.2. The van der Waals surface area contributed by atoms with Crippen LogP contribution in [-0.4, -0.2) is 5.16 Å². The van der Waals surface area contributed by atoms with Crippen LogP contribution in [0.1, 0.15) is 5.56 Å². The van der Waals surface area contributed by atoms with E-state index in [0.717, 1.165) is 5.56 Å². The van der Waals surface area contributed by atoms with Gasteiger partial charge in [-0.2, -0.15) is 5.16 Å². The lowest BCUT2D eigenvalue weighted by Crippen LogP contribution is -1.99. The zero-order chi connectivity index (χ0) is 8.55. The third kappa shape index (κ3) is 0.931. The standard InChI is InChI=1S/C8H8N2O2/c9-4-5-1-2-7-6(3-5)8(11)10-12-7/h1-3H,4,9H2,(H,10,11). The predicted octanol–water partition coefficient (Wildman–Crippen LogP) is 0.580. The Labute approximate surface area is 67.9 Å². The smallest absolute Gasteiger partial charge is 0.287 e. The summed E-state index contributed by atoms with van der Waals surface area (Å²) in [6.45, 7) is 0.431. The maximum absolute atomic E-state index is 11.1. The molecule has 0 fully saturated rings. The molecule has 2 rings (SSSR count). The number of aromatic nitrogens is 1. The van der Waals surface area contributed by atoms with Crippen molar-refractivity contribution in [3.8, 4) is 0 Å². The maximum atomic E-state index is 11.1. The number of H-pyrrole nitrogens is 1. The minimum atomic E-state index is -0.208. The second-order valence-corrected chi connectivity index (χ2v) is 2.57. The minimum absolute atomic E-state index is 0.208. The van der Waals surface area contributed by atoms with E-state index >= 15 is 0 Å². The van der Waals surface area contributed by atoms with Crippen LogP contribution < -0.4 is 11.3 Å². The average molecular weight is 164 g/mol. The van der Waals surface area contributed by atoms with E-state index in [1.807, 2.05) is 6.07 Å². The molecule has 1 aromatic carbocycles. The van der Waals surface area contributed by atoms with Crippen molar-refractivity contribution in [1.82, 2.24) is 5.16 Å². The Bertz CT molecular complexity index is 455. The third-order valence-corrected chi connectivity index (χ3v) is 1.78. The number of hydrogen-bond acceptors (Lipinski definition) is 3. The van der Waals surface area contributed by atoms with E-state index in [2.05, 4.69) is 5.16 Å². The molecule has 4 nitrogen and oxygen atoms in total. The van der Waals surface area contributed by atoms with E-state index in [1.165, 1.54) is 0 Å². The summed E-state index contributed by atoms with van der Waals surface area (Å²) in [7, 11) is 0. The molecular weight excluding hydrogens is 156 g/mol. The van der Waals surface area contributed by atoms with Gasteiger partial charge in [0, 0.05) is 6.54 Å². The zero-order valence-electron chi connectivity index (χ0n) is 6.33. The molecule has 0 saturated carbocycles. The molecule has 0 spiro atoms. The topological polar surface area (TPSA) is 72.0 Å². The third-order valence-electron chi connectivity index (χ3n) is 1.78. The molecule has 62 valence electrons. The summed E-state index contributed by atoms with van der Waals surface area (Å²) >= 11 is 0. The quantitative estimate of drug-likeness (QED) is 0.647. The molecule has 0 aliphatic rings. The fourth-order valence-electron chi connectivity index (χ4n) is 1.13. The van der Waals surface area contributed by atoms with Crippen LogP contribution in [0, 0.1) is 0 Å². The van der Waals surface area contributed by atoms with Gasteiger partial charge < -0.3 is 10.3 Å². The van der Waals surface area contributed by atoms with E-state index in [9.17, 15) is 4.79 Å². The highest BCUT2D eigenvalue weighted by molar-refractivity contribution is 5.76. The van der Waals surface area contributed by atoms with Gasteiger partial charge in [0.05, 0.1) is 5.39 Å². The van der Waals surface area contributed by atoms with Gasteiger partial charge in [-0.15, -0.1) is 0 Å². The highest BCUT2D eigenvalue weighted by Gasteiger charge is 2.02. The average Bonchev–Trinajstić information content (AvgIpc) is 2.47. The van der Waals surface area contributed by atoms with Crippen LogP contribution in [0.4, 0.5) is 0 Å². The fourth-order valence-corrected chi connectivity index (χ4v) is 1.13. The molecule has 0 aliphatic heterocycles. The van der Waals surface area contributed by atoms with Crippen LogP contribution in [0.15, 0.2) is 27.5 Å². The SMILES string of the molecule is NCc1ccc2o[nH]c(=O)c2c1. The molecule has 4 heteroatoms. The first kappa shape index (κ1) is 7.12. The fraction of sp³-hybridized carbons (Fsp3) is 0.125. The van der Waals surface area contributed by atoms with Crippen molar-refractivity contribution in [2.24, 2.45) is 5.73 Å². The first-order valence-corrected chi connectivity index (χ1v) is 3.61. The van der Waals surface area contributed by atoms with Gasteiger partial charge in [0.1, 0.15) is 0 Å². The number of nitrogens with two attached hydrogens (primary N) is 1. The lowest BCUT2D eigenvalue weighted by Gasteiger charge is -1.92. The number of hydrogen-bond donors (Lipinski definition) is 2. The molecule has 0 bridgehead atoms. The Balaban J connectivity index is 2.80. The van der Waals surface area contributed by atoms with Gasteiger partial charge in [0.2, 0.25) is 0 Å². The summed E-state index contributed by atoms with van der Waals surface area (Å²) in [4.78, 5) is 11.1. The summed E-state index contributed by atoms with van der Waals surface area (Å²) < 4.78 is 4.87.